The Bertz CT molecular complexity index is 45.5. The van der Waals surface area contributed by atoms with E-state index in [1.54, 1.807) is 11.8 Å². The molecule has 0 saturated carbocycles. The van der Waals surface area contributed by atoms with Gasteiger partial charge in [-0.2, -0.15) is 0 Å². The first kappa shape index (κ1) is 16.2. The maximum atomic E-state index is 8.00. The number of hydrogen-bond donors (Lipinski definition) is 0. The van der Waals surface area contributed by atoms with E-state index in [1.165, 1.54) is 11.5 Å². The van der Waals surface area contributed by atoms with Crippen molar-refractivity contribution in [3.8, 4) is 0 Å². The van der Waals surface area contributed by atoms with E-state index < -0.39 is 0 Å². The first-order chi connectivity index (χ1) is 3.83. The molecule has 0 amide bonds. The molecule has 0 aliphatic carbocycles. The molecule has 0 heterocycles. The molecule has 1 radical (unpaired) electrons. The van der Waals surface area contributed by atoms with Gasteiger partial charge < -0.3 is 10.1 Å². The Hall–Kier alpha value is 0.490. The van der Waals surface area contributed by atoms with E-state index in [0.29, 0.717) is 0 Å². The molecule has 3 nitrogen and oxygen atoms in total. The smallest absolute Gasteiger partial charge is 0.103 e. The monoisotopic (exact) mass is 244 g/mol. The summed E-state index contributed by atoms with van der Waals surface area (Å²) < 4.78 is 0. The van der Waals surface area contributed by atoms with Crippen LogP contribution >= 0.6 is 0 Å². The molecular weight excluding hydrogens is 234 g/mol. The predicted octanol–water partition coefficient (Wildman–Crippen LogP) is 1.09. The summed E-state index contributed by atoms with van der Waals surface area (Å²) in [5.74, 6) is 2.63. The summed E-state index contributed by atoms with van der Waals surface area (Å²) >= 11 is 1.58. The molecule has 61 valence electrons. The van der Waals surface area contributed by atoms with Crippen molar-refractivity contribution in [1.29, 1.82) is 0 Å². The van der Waals surface area contributed by atoms with E-state index in [1.807, 2.05) is 0 Å². The van der Waals surface area contributed by atoms with Gasteiger partial charge in [-0.15, -0.1) is 5.34 Å². The van der Waals surface area contributed by atoms with E-state index >= 15 is 0 Å². The molecule has 0 aromatic carbocycles. The molecule has 0 aliphatic rings. The van der Waals surface area contributed by atoms with Gasteiger partial charge in [0, 0.05) is 22.4 Å². The minimum Gasteiger partial charge on any atom is -0.444 e. The van der Waals surface area contributed by atoms with E-state index in [0.717, 1.165) is 5.34 Å². The first-order valence-electron chi connectivity index (χ1n) is 2.41. The van der Waals surface area contributed by atoms with Gasteiger partial charge in [0.05, 0.1) is 0 Å². The Morgan fingerprint density at radius 2 is 1.67 bits per heavy atom. The van der Waals surface area contributed by atoms with Crippen LogP contribution in [0.2, 0.25) is 0 Å². The van der Waals surface area contributed by atoms with Crippen LogP contribution in [-0.2, 0) is 34.1 Å². The van der Waals surface area contributed by atoms with Crippen molar-refractivity contribution in [2.24, 2.45) is 5.34 Å². The van der Waals surface area contributed by atoms with E-state index in [4.69, 9.17) is 10.1 Å². The van der Waals surface area contributed by atoms with Crippen molar-refractivity contribution >= 4 is 11.8 Å². The van der Waals surface area contributed by atoms with Crippen LogP contribution in [0.25, 0.3) is 0 Å². The van der Waals surface area contributed by atoms with Crippen LogP contribution in [0.3, 0.4) is 0 Å². The molecule has 0 rings (SSSR count). The van der Waals surface area contributed by atoms with Crippen molar-refractivity contribution in [1.82, 2.24) is 0 Å². The molecule has 0 saturated heterocycles. The van der Waals surface area contributed by atoms with Crippen LogP contribution in [0.4, 0.5) is 0 Å². The standard InChI is InChI=1S/C4H10S.Ag.HNO2/c1-3-5-4-2;;2-1-3/h3-4H2,1-2H3;;(H,2,3). The number of hydrogen-bond acceptors (Lipinski definition) is 3. The molecule has 0 aromatic rings. The normalized spacial score (nSPS) is 6.00. The van der Waals surface area contributed by atoms with E-state index in [-0.39, 0.29) is 22.4 Å². The maximum absolute atomic E-state index is 8.00. The van der Waals surface area contributed by atoms with Crippen molar-refractivity contribution in [2.75, 3.05) is 11.5 Å². The zero-order valence-electron chi connectivity index (χ0n) is 5.43. The summed E-state index contributed by atoms with van der Waals surface area (Å²) in [4.78, 5) is 8.00. The zero-order valence-corrected chi connectivity index (χ0v) is 7.80. The third-order valence-electron chi connectivity index (χ3n) is 0.447. The van der Waals surface area contributed by atoms with Gasteiger partial charge in [-0.3, -0.25) is 0 Å². The summed E-state index contributed by atoms with van der Waals surface area (Å²) in [6.07, 6.45) is 0. The van der Waals surface area contributed by atoms with Crippen LogP contribution in [-0.4, -0.2) is 11.5 Å². The molecule has 9 heavy (non-hydrogen) atoms. The van der Waals surface area contributed by atoms with Crippen molar-refractivity contribution < 1.29 is 22.4 Å². The summed E-state index contributed by atoms with van der Waals surface area (Å²) in [5.41, 5.74) is 0. The Kier molecular flexibility index (Phi) is 42.6. The second-order valence-corrected chi connectivity index (χ2v) is 2.64. The SMILES string of the molecule is CC[SH+]CC.O=N[O-].[Ag]. The molecule has 0 atom stereocenters. The fourth-order valence-corrected chi connectivity index (χ4v) is 0.671. The van der Waals surface area contributed by atoms with Gasteiger partial charge in [-0.05, 0) is 25.6 Å². The van der Waals surface area contributed by atoms with Gasteiger partial charge in [0.1, 0.15) is 11.5 Å². The third kappa shape index (κ3) is 57.7. The third-order valence-corrected chi connectivity index (χ3v) is 1.34. The van der Waals surface area contributed by atoms with Crippen molar-refractivity contribution in [2.45, 2.75) is 13.8 Å². The van der Waals surface area contributed by atoms with E-state index in [9.17, 15) is 0 Å². The van der Waals surface area contributed by atoms with Crippen LogP contribution in [0.5, 0.6) is 0 Å². The van der Waals surface area contributed by atoms with Gasteiger partial charge in [0.15, 0.2) is 0 Å². The minimum absolute atomic E-state index is 0. The molecule has 0 N–H and O–H groups in total. The Labute approximate surface area is 75.0 Å². The minimum atomic E-state index is 0. The topological polar surface area (TPSA) is 52.5 Å². The molecule has 0 spiro atoms. The fourth-order valence-electron chi connectivity index (χ4n) is 0.224. The van der Waals surface area contributed by atoms with Crippen LogP contribution in [0.1, 0.15) is 13.8 Å². The molecule has 0 bridgehead atoms. The van der Waals surface area contributed by atoms with Gasteiger partial charge in [0.25, 0.3) is 0 Å². The van der Waals surface area contributed by atoms with E-state index in [2.05, 4.69) is 13.8 Å². The number of nitrogens with zero attached hydrogens (tertiary/aromatic N) is 1. The average molecular weight is 245 g/mol. The molecule has 0 unspecified atom stereocenters. The van der Waals surface area contributed by atoms with Crippen LogP contribution in [0, 0.1) is 10.1 Å². The molecule has 0 aliphatic heterocycles. The first-order valence-corrected chi connectivity index (χ1v) is 3.68. The number of rotatable bonds is 2. The summed E-state index contributed by atoms with van der Waals surface area (Å²) in [5, 5.41) is 9.00. The second-order valence-electron chi connectivity index (χ2n) is 0.931. The van der Waals surface area contributed by atoms with Gasteiger partial charge in [0.2, 0.25) is 0 Å². The molecular formula is C4H11AgNO2S. The second kappa shape index (κ2) is 23.6. The summed E-state index contributed by atoms with van der Waals surface area (Å²) in [6.45, 7) is 4.40. The molecule has 0 fully saturated rings. The van der Waals surface area contributed by atoms with Crippen molar-refractivity contribution in [3.63, 3.8) is 0 Å². The average Bonchev–Trinajstić information content (AvgIpc) is 1.71. The van der Waals surface area contributed by atoms with Crippen LogP contribution in [0.15, 0.2) is 5.34 Å². The Balaban J connectivity index is -0.0000000800. The van der Waals surface area contributed by atoms with Gasteiger partial charge in [-0.25, -0.2) is 0 Å². The molecule has 0 aromatic heterocycles. The van der Waals surface area contributed by atoms with Gasteiger partial charge in [-0.1, -0.05) is 0 Å². The number of thiol groups is 1. The predicted molar refractivity (Wildman–Crippen MR) is 39.0 cm³/mol. The van der Waals surface area contributed by atoms with Crippen LogP contribution < -0.4 is 0 Å². The maximum Gasteiger partial charge on any atom is 0.103 e. The largest absolute Gasteiger partial charge is 0.444 e. The Morgan fingerprint density at radius 3 is 1.67 bits per heavy atom. The quantitative estimate of drug-likeness (QED) is 0.240. The Morgan fingerprint density at radius 1 is 1.44 bits per heavy atom. The zero-order chi connectivity index (χ0) is 6.83. The summed E-state index contributed by atoms with van der Waals surface area (Å²) in [7, 11) is 0. The summed E-state index contributed by atoms with van der Waals surface area (Å²) in [6, 6.07) is 0. The fraction of sp³-hybridized carbons (Fsp3) is 1.00. The van der Waals surface area contributed by atoms with Crippen molar-refractivity contribution in [3.05, 3.63) is 10.1 Å². The molecule has 5 heteroatoms. The van der Waals surface area contributed by atoms with Gasteiger partial charge >= 0.3 is 0 Å².